The van der Waals surface area contributed by atoms with Crippen molar-refractivity contribution in [3.8, 4) is 0 Å². The first-order valence-electron chi connectivity index (χ1n) is 11.5. The predicted octanol–water partition coefficient (Wildman–Crippen LogP) is 5.29. The summed E-state index contributed by atoms with van der Waals surface area (Å²) in [5, 5.41) is 0. The second kappa shape index (κ2) is 9.81. The number of hydrogen-bond acceptors (Lipinski definition) is 5. The van der Waals surface area contributed by atoms with Crippen molar-refractivity contribution in [2.24, 2.45) is 35.0 Å². The molecular weight excluding hydrogens is 392 g/mol. The van der Waals surface area contributed by atoms with E-state index in [-0.39, 0.29) is 52.7 Å². The molecule has 0 amide bonds. The fourth-order valence-electron chi connectivity index (χ4n) is 5.84. The van der Waals surface area contributed by atoms with E-state index in [1.165, 1.54) is 19.3 Å². The van der Waals surface area contributed by atoms with Crippen LogP contribution in [-0.2, 0) is 23.9 Å². The lowest BCUT2D eigenvalue weighted by molar-refractivity contribution is -0.165. The van der Waals surface area contributed by atoms with Crippen LogP contribution in [0.25, 0.3) is 0 Å². The average Bonchev–Trinajstić information content (AvgIpc) is 2.68. The lowest BCUT2D eigenvalue weighted by atomic mass is 9.64. The molecule has 5 heteroatoms. The van der Waals surface area contributed by atoms with Crippen LogP contribution >= 0.6 is 0 Å². The molecule has 0 radical (unpaired) electrons. The van der Waals surface area contributed by atoms with Crippen molar-refractivity contribution >= 4 is 17.5 Å². The Morgan fingerprint density at radius 1 is 1.16 bits per heavy atom. The molecule has 2 aliphatic rings. The molecule has 1 aliphatic heterocycles. The van der Waals surface area contributed by atoms with E-state index in [4.69, 9.17) is 9.47 Å². The van der Waals surface area contributed by atoms with Crippen LogP contribution in [0.5, 0.6) is 0 Å². The highest BCUT2D eigenvalue weighted by molar-refractivity contribution is 5.89. The number of carbonyl (C=O) groups is 3. The van der Waals surface area contributed by atoms with E-state index < -0.39 is 11.9 Å². The number of carbonyl (C=O) groups excluding carboxylic acids is 3. The first-order valence-corrected chi connectivity index (χ1v) is 11.5. The Morgan fingerprint density at radius 3 is 2.35 bits per heavy atom. The lowest BCUT2D eigenvalue weighted by Gasteiger charge is -2.48. The van der Waals surface area contributed by atoms with Crippen molar-refractivity contribution in [3.05, 3.63) is 24.0 Å². The summed E-state index contributed by atoms with van der Waals surface area (Å²) in [6, 6.07) is 0. The summed E-state index contributed by atoms with van der Waals surface area (Å²) in [5.41, 5.74) is 0.336. The molecule has 1 unspecified atom stereocenters. The molecule has 0 aromatic heterocycles. The Kier molecular flexibility index (Phi) is 8.07. The lowest BCUT2D eigenvalue weighted by Crippen LogP contribution is -2.51. The molecule has 2 fully saturated rings. The number of hydrogen-bond donors (Lipinski definition) is 0. The van der Waals surface area contributed by atoms with Gasteiger partial charge in [0.25, 0.3) is 0 Å². The minimum Gasteiger partial charge on any atom is -0.432 e. The molecule has 1 heterocycles. The van der Waals surface area contributed by atoms with Gasteiger partial charge in [0, 0.05) is 24.3 Å². The van der Waals surface area contributed by atoms with E-state index in [1.807, 2.05) is 19.9 Å². The molecule has 0 aromatic rings. The van der Waals surface area contributed by atoms with Gasteiger partial charge in [0.2, 0.25) is 0 Å². The van der Waals surface area contributed by atoms with Gasteiger partial charge < -0.3 is 14.3 Å². The highest BCUT2D eigenvalue weighted by atomic mass is 16.5. The Hall–Kier alpha value is -1.75. The Labute approximate surface area is 187 Å². The van der Waals surface area contributed by atoms with Crippen molar-refractivity contribution in [3.63, 3.8) is 0 Å². The molecule has 1 saturated carbocycles. The highest BCUT2D eigenvalue weighted by Crippen LogP contribution is 2.53. The molecule has 0 aromatic carbocycles. The number of allylic oxidation sites excluding steroid dienone is 2. The largest absolute Gasteiger partial charge is 0.432 e. The van der Waals surface area contributed by atoms with Crippen LogP contribution in [0.15, 0.2) is 24.0 Å². The summed E-state index contributed by atoms with van der Waals surface area (Å²) >= 11 is 0. The molecule has 5 atom stereocenters. The zero-order chi connectivity index (χ0) is 23.6. The summed E-state index contributed by atoms with van der Waals surface area (Å²) in [7, 11) is 0. The van der Waals surface area contributed by atoms with Gasteiger partial charge in [0.1, 0.15) is 11.6 Å². The van der Waals surface area contributed by atoms with Gasteiger partial charge in [-0.3, -0.25) is 4.79 Å². The van der Waals surface area contributed by atoms with Crippen molar-refractivity contribution in [2.75, 3.05) is 6.61 Å². The van der Waals surface area contributed by atoms with Gasteiger partial charge in [-0.1, -0.05) is 32.8 Å². The van der Waals surface area contributed by atoms with Gasteiger partial charge in [-0.15, -0.1) is 0 Å². The van der Waals surface area contributed by atoms with Crippen molar-refractivity contribution in [2.45, 2.75) is 80.3 Å². The van der Waals surface area contributed by atoms with Crippen LogP contribution in [0.3, 0.4) is 0 Å². The SMILES string of the molecule is CC[C@@H]1C2CC(C)(C)[C@@H](/C=C/OC(=O)C=C(C)C)[C@H](CC(C)=O)C(=O)[C@@H]2COC1(C)C. The van der Waals surface area contributed by atoms with Crippen LogP contribution in [0.2, 0.25) is 0 Å². The van der Waals surface area contributed by atoms with E-state index in [0.29, 0.717) is 6.61 Å². The quantitative estimate of drug-likeness (QED) is 0.324. The van der Waals surface area contributed by atoms with Gasteiger partial charge in [0.15, 0.2) is 0 Å². The first kappa shape index (κ1) is 25.5. The average molecular weight is 433 g/mol. The van der Waals surface area contributed by atoms with Crippen molar-refractivity contribution in [1.29, 1.82) is 0 Å². The molecule has 31 heavy (non-hydrogen) atoms. The van der Waals surface area contributed by atoms with E-state index in [9.17, 15) is 14.4 Å². The molecule has 0 bridgehead atoms. The van der Waals surface area contributed by atoms with Gasteiger partial charge in [0.05, 0.1) is 18.5 Å². The molecular formula is C26H40O5. The van der Waals surface area contributed by atoms with Gasteiger partial charge in [-0.2, -0.15) is 0 Å². The molecule has 174 valence electrons. The normalized spacial score (nSPS) is 32.1. The monoisotopic (exact) mass is 432 g/mol. The molecule has 5 nitrogen and oxygen atoms in total. The minimum absolute atomic E-state index is 0.00312. The van der Waals surface area contributed by atoms with Gasteiger partial charge in [-0.25, -0.2) is 4.79 Å². The summed E-state index contributed by atoms with van der Waals surface area (Å²) < 4.78 is 11.4. The number of esters is 1. The molecule has 1 saturated heterocycles. The van der Waals surface area contributed by atoms with Gasteiger partial charge in [-0.05, 0) is 70.3 Å². The van der Waals surface area contributed by atoms with Crippen LogP contribution in [0.1, 0.15) is 74.7 Å². The highest BCUT2D eigenvalue weighted by Gasteiger charge is 2.54. The third-order valence-corrected chi connectivity index (χ3v) is 7.21. The molecule has 0 spiro atoms. The third kappa shape index (κ3) is 5.94. The van der Waals surface area contributed by atoms with Crippen molar-refractivity contribution < 1.29 is 23.9 Å². The maximum Gasteiger partial charge on any atom is 0.335 e. The maximum atomic E-state index is 13.7. The van der Waals surface area contributed by atoms with E-state index in [0.717, 1.165) is 18.4 Å². The zero-order valence-corrected chi connectivity index (χ0v) is 20.5. The number of ketones is 2. The van der Waals surface area contributed by atoms with E-state index in [2.05, 4.69) is 34.6 Å². The Morgan fingerprint density at radius 2 is 1.81 bits per heavy atom. The standard InChI is InChI=1S/C26H40O5/c1-9-21-19-14-25(5,6)22(10-11-30-23(28)12-16(2)3)18(13-17(4)27)24(29)20(19)15-31-26(21,7)8/h10-12,18-22H,9,13-15H2,1-8H3/b11-10+/t18-,19?,20+,21+,22-/m0/s1. The first-order chi connectivity index (χ1) is 14.3. The summed E-state index contributed by atoms with van der Waals surface area (Å²) in [6.07, 6.45) is 6.66. The van der Waals surface area contributed by atoms with E-state index in [1.54, 1.807) is 0 Å². The van der Waals surface area contributed by atoms with Crippen molar-refractivity contribution in [1.82, 2.24) is 0 Å². The minimum atomic E-state index is -0.441. The smallest absolute Gasteiger partial charge is 0.335 e. The third-order valence-electron chi connectivity index (χ3n) is 7.21. The second-order valence-electron chi connectivity index (χ2n) is 10.8. The molecule has 1 aliphatic carbocycles. The van der Waals surface area contributed by atoms with Crippen LogP contribution in [0, 0.1) is 35.0 Å². The predicted molar refractivity (Wildman–Crippen MR) is 121 cm³/mol. The Bertz CT molecular complexity index is 754. The maximum absolute atomic E-state index is 13.7. The van der Waals surface area contributed by atoms with Crippen LogP contribution in [0.4, 0.5) is 0 Å². The van der Waals surface area contributed by atoms with Gasteiger partial charge >= 0.3 is 5.97 Å². The number of Topliss-reactive ketones (excluding diaryl/α,β-unsaturated/α-hetero) is 2. The number of rotatable bonds is 6. The van der Waals surface area contributed by atoms with Crippen LogP contribution in [-0.4, -0.2) is 29.7 Å². The molecule has 2 rings (SSSR count). The Balaban J connectivity index is 2.43. The number of fused-ring (bicyclic) bond motifs is 1. The second-order valence-corrected chi connectivity index (χ2v) is 10.8. The van der Waals surface area contributed by atoms with Crippen LogP contribution < -0.4 is 0 Å². The topological polar surface area (TPSA) is 69.7 Å². The fourth-order valence-corrected chi connectivity index (χ4v) is 5.84. The fraction of sp³-hybridized carbons (Fsp3) is 0.731. The zero-order valence-electron chi connectivity index (χ0n) is 20.5. The summed E-state index contributed by atoms with van der Waals surface area (Å²) in [5.74, 6) is -0.692. The summed E-state index contributed by atoms with van der Waals surface area (Å²) in [4.78, 5) is 37.8. The number of ether oxygens (including phenoxy) is 2. The summed E-state index contributed by atoms with van der Waals surface area (Å²) in [6.45, 7) is 16.3. The molecule has 0 N–H and O–H groups in total. The van der Waals surface area contributed by atoms with E-state index >= 15 is 0 Å².